The highest BCUT2D eigenvalue weighted by molar-refractivity contribution is 6.07. The number of benzene rings is 2. The Morgan fingerprint density at radius 3 is 2.59 bits per heavy atom. The first-order valence-electron chi connectivity index (χ1n) is 12.9. The van der Waals surface area contributed by atoms with Gasteiger partial charge in [-0.1, -0.05) is 56.3 Å². The Labute approximate surface area is 218 Å². The maximum atomic E-state index is 13.9. The van der Waals surface area contributed by atoms with Crippen molar-refractivity contribution in [3.63, 3.8) is 0 Å². The van der Waals surface area contributed by atoms with E-state index in [9.17, 15) is 9.90 Å². The van der Waals surface area contributed by atoms with Crippen molar-refractivity contribution in [2.75, 3.05) is 25.7 Å². The number of rotatable bonds is 8. The number of likely N-dealkylation sites (N-methyl/N-ethyl adjacent to an activating group) is 1. The van der Waals surface area contributed by atoms with Gasteiger partial charge in [-0.25, -0.2) is 0 Å². The molecule has 2 aliphatic rings. The van der Waals surface area contributed by atoms with Gasteiger partial charge in [0.25, 0.3) is 5.91 Å². The number of aryl methyl sites for hydroxylation is 1. The SMILES string of the molecule is COc1ccc(C(C)(C)[C@@H]2[C@@H](CCn3cc(CCO)nn3)O[C@]3(C(=O)N(C)c4ccccc43)[C@H]2C)cc1. The van der Waals surface area contributed by atoms with Crippen LogP contribution in [0.25, 0.3) is 0 Å². The van der Waals surface area contributed by atoms with Crippen LogP contribution >= 0.6 is 0 Å². The van der Waals surface area contributed by atoms with Gasteiger partial charge in [-0.05, 0) is 35.6 Å². The number of hydrogen-bond donors (Lipinski definition) is 1. The molecule has 0 aliphatic carbocycles. The first-order valence-corrected chi connectivity index (χ1v) is 12.9. The van der Waals surface area contributed by atoms with E-state index in [1.807, 2.05) is 49.6 Å². The summed E-state index contributed by atoms with van der Waals surface area (Å²) in [6.45, 7) is 7.30. The van der Waals surface area contributed by atoms with Crippen LogP contribution in [-0.4, -0.2) is 52.9 Å². The van der Waals surface area contributed by atoms with E-state index < -0.39 is 5.60 Å². The van der Waals surface area contributed by atoms with Gasteiger partial charge in [-0.15, -0.1) is 5.10 Å². The van der Waals surface area contributed by atoms with Gasteiger partial charge in [0.1, 0.15) is 5.75 Å². The third kappa shape index (κ3) is 4.03. The van der Waals surface area contributed by atoms with Gasteiger partial charge in [0.05, 0.1) is 24.6 Å². The summed E-state index contributed by atoms with van der Waals surface area (Å²) in [6.07, 6.45) is 2.83. The van der Waals surface area contributed by atoms with E-state index in [1.165, 1.54) is 5.56 Å². The van der Waals surface area contributed by atoms with E-state index in [1.54, 1.807) is 16.7 Å². The Morgan fingerprint density at radius 1 is 1.16 bits per heavy atom. The van der Waals surface area contributed by atoms with Crippen molar-refractivity contribution >= 4 is 11.6 Å². The van der Waals surface area contributed by atoms with Crippen molar-refractivity contribution in [2.45, 2.75) is 57.3 Å². The smallest absolute Gasteiger partial charge is 0.264 e. The van der Waals surface area contributed by atoms with Crippen LogP contribution in [0.5, 0.6) is 5.75 Å². The number of amides is 1. The largest absolute Gasteiger partial charge is 0.497 e. The quantitative estimate of drug-likeness (QED) is 0.503. The van der Waals surface area contributed by atoms with E-state index in [4.69, 9.17) is 9.47 Å². The number of para-hydroxylation sites is 1. The van der Waals surface area contributed by atoms with Crippen LogP contribution in [0.3, 0.4) is 0 Å². The highest BCUT2D eigenvalue weighted by Crippen LogP contribution is 2.59. The van der Waals surface area contributed by atoms with Gasteiger partial charge in [-0.3, -0.25) is 9.48 Å². The maximum absolute atomic E-state index is 13.9. The second-order valence-corrected chi connectivity index (χ2v) is 10.8. The molecule has 0 radical (unpaired) electrons. The molecule has 8 heteroatoms. The molecule has 8 nitrogen and oxygen atoms in total. The highest BCUT2D eigenvalue weighted by atomic mass is 16.5. The second kappa shape index (κ2) is 9.58. The molecule has 4 atom stereocenters. The number of carbonyl (C=O) groups is 1. The normalized spacial score (nSPS) is 25.2. The number of ether oxygens (including phenoxy) is 2. The minimum Gasteiger partial charge on any atom is -0.497 e. The van der Waals surface area contributed by atoms with Crippen LogP contribution in [0.4, 0.5) is 5.69 Å². The lowest BCUT2D eigenvalue weighted by molar-refractivity contribution is -0.145. The number of aliphatic hydroxyl groups is 1. The lowest BCUT2D eigenvalue weighted by atomic mass is 9.63. The van der Waals surface area contributed by atoms with Gasteiger partial charge in [0.2, 0.25) is 0 Å². The Bertz CT molecular complexity index is 1270. The molecule has 1 aromatic heterocycles. The van der Waals surface area contributed by atoms with Gasteiger partial charge in [-0.2, -0.15) is 0 Å². The molecular formula is C29H36N4O4. The molecular weight excluding hydrogens is 468 g/mol. The van der Waals surface area contributed by atoms with Crippen LogP contribution in [0.15, 0.2) is 54.7 Å². The zero-order valence-electron chi connectivity index (χ0n) is 22.2. The van der Waals surface area contributed by atoms with E-state index in [-0.39, 0.29) is 35.9 Å². The Morgan fingerprint density at radius 2 is 1.89 bits per heavy atom. The number of aromatic nitrogens is 3. The molecule has 2 aromatic carbocycles. The highest BCUT2D eigenvalue weighted by Gasteiger charge is 2.65. The zero-order valence-corrected chi connectivity index (χ0v) is 22.2. The average Bonchev–Trinajstić information content (AvgIpc) is 3.54. The summed E-state index contributed by atoms with van der Waals surface area (Å²) < 4.78 is 14.2. The van der Waals surface area contributed by atoms with E-state index in [0.717, 1.165) is 22.7 Å². The first-order chi connectivity index (χ1) is 17.7. The molecule has 1 saturated heterocycles. The van der Waals surface area contributed by atoms with Crippen molar-refractivity contribution in [2.24, 2.45) is 11.8 Å². The molecule has 3 heterocycles. The predicted molar refractivity (Wildman–Crippen MR) is 141 cm³/mol. The van der Waals surface area contributed by atoms with Crippen LogP contribution < -0.4 is 9.64 Å². The summed E-state index contributed by atoms with van der Waals surface area (Å²) in [5, 5.41) is 17.6. The van der Waals surface area contributed by atoms with Crippen molar-refractivity contribution in [3.05, 3.63) is 71.5 Å². The topological polar surface area (TPSA) is 89.7 Å². The summed E-state index contributed by atoms with van der Waals surface area (Å²) >= 11 is 0. The lowest BCUT2D eigenvalue weighted by Crippen LogP contribution is -2.45. The molecule has 1 fully saturated rings. The molecule has 2 aliphatic heterocycles. The first kappa shape index (κ1) is 25.4. The van der Waals surface area contributed by atoms with E-state index in [2.05, 4.69) is 43.2 Å². The number of anilines is 1. The summed E-state index contributed by atoms with van der Waals surface area (Å²) in [4.78, 5) is 15.7. The summed E-state index contributed by atoms with van der Waals surface area (Å²) in [5.74, 6) is 0.777. The van der Waals surface area contributed by atoms with Crippen molar-refractivity contribution in [1.29, 1.82) is 0 Å². The van der Waals surface area contributed by atoms with Gasteiger partial charge < -0.3 is 19.5 Å². The molecule has 37 heavy (non-hydrogen) atoms. The van der Waals surface area contributed by atoms with Crippen LogP contribution in [0.2, 0.25) is 0 Å². The predicted octanol–water partition coefficient (Wildman–Crippen LogP) is 3.71. The van der Waals surface area contributed by atoms with Crippen LogP contribution in [0, 0.1) is 11.8 Å². The Kier molecular flexibility index (Phi) is 6.58. The summed E-state index contributed by atoms with van der Waals surface area (Å²) in [6, 6.07) is 16.2. The van der Waals surface area contributed by atoms with Crippen molar-refractivity contribution in [3.8, 4) is 5.75 Å². The maximum Gasteiger partial charge on any atom is 0.264 e. The lowest BCUT2D eigenvalue weighted by Gasteiger charge is -2.38. The van der Waals surface area contributed by atoms with Crippen LogP contribution in [0.1, 0.15) is 44.0 Å². The number of aliphatic hydroxyl groups excluding tert-OH is 1. The van der Waals surface area contributed by atoms with Gasteiger partial charge in [0.15, 0.2) is 5.60 Å². The summed E-state index contributed by atoms with van der Waals surface area (Å²) in [7, 11) is 3.50. The fourth-order valence-corrected chi connectivity index (χ4v) is 6.58. The third-order valence-corrected chi connectivity index (χ3v) is 8.47. The molecule has 196 valence electrons. The van der Waals surface area contributed by atoms with E-state index >= 15 is 0 Å². The van der Waals surface area contributed by atoms with Crippen molar-refractivity contribution < 1.29 is 19.4 Å². The number of fused-ring (bicyclic) bond motifs is 2. The van der Waals surface area contributed by atoms with Gasteiger partial charge >= 0.3 is 0 Å². The zero-order chi connectivity index (χ0) is 26.4. The number of nitrogens with zero attached hydrogens (tertiary/aromatic N) is 4. The molecule has 0 unspecified atom stereocenters. The molecule has 1 N–H and O–H groups in total. The molecule has 3 aromatic rings. The summed E-state index contributed by atoms with van der Waals surface area (Å²) in [5.41, 5.74) is 2.46. The Hall–Kier alpha value is -3.23. The molecule has 5 rings (SSSR count). The van der Waals surface area contributed by atoms with Crippen LogP contribution in [-0.2, 0) is 33.5 Å². The number of carbonyl (C=O) groups excluding carboxylic acids is 1. The molecule has 1 amide bonds. The number of methoxy groups -OCH3 is 1. The minimum atomic E-state index is -1.03. The van der Waals surface area contributed by atoms with E-state index in [0.29, 0.717) is 19.4 Å². The second-order valence-electron chi connectivity index (χ2n) is 10.8. The molecule has 0 bridgehead atoms. The van der Waals surface area contributed by atoms with Gasteiger partial charge in [0, 0.05) is 50.2 Å². The average molecular weight is 505 g/mol. The fraction of sp³-hybridized carbons (Fsp3) is 0.483. The molecule has 0 saturated carbocycles. The molecule has 1 spiro atoms. The standard InChI is InChI=1S/C29H36N4O4/c1-19-26(28(2,3)20-10-12-22(36-5)13-11-20)25(14-16-33-18-21(15-17-34)30-31-33)37-29(19)23-8-6-7-9-24(23)32(4)27(29)35/h6-13,18-19,25-26,34H,14-17H2,1-5H3/t19-,25+,26-,29+/m0/s1. The number of hydrogen-bond acceptors (Lipinski definition) is 6. The third-order valence-electron chi connectivity index (χ3n) is 8.47. The van der Waals surface area contributed by atoms with Crippen molar-refractivity contribution in [1.82, 2.24) is 15.0 Å². The minimum absolute atomic E-state index is 0.00906. The monoisotopic (exact) mass is 504 g/mol. The fourth-order valence-electron chi connectivity index (χ4n) is 6.58. The Balaban J connectivity index is 1.53.